The second-order valence-corrected chi connectivity index (χ2v) is 5.63. The Bertz CT molecular complexity index is 467. The Morgan fingerprint density at radius 2 is 1.84 bits per heavy atom. The van der Waals surface area contributed by atoms with Crippen molar-refractivity contribution in [2.45, 2.75) is 19.8 Å². The van der Waals surface area contributed by atoms with Crippen LogP contribution in [0.1, 0.15) is 22.6 Å². The first kappa shape index (κ1) is 14.0. The van der Waals surface area contributed by atoms with E-state index in [4.69, 9.17) is 0 Å². The third-order valence-electron chi connectivity index (χ3n) is 4.13. The normalized spacial score (nSPS) is 19.1. The predicted molar refractivity (Wildman–Crippen MR) is 78.2 cm³/mol. The minimum absolute atomic E-state index is 0.0114. The predicted octanol–water partition coefficient (Wildman–Crippen LogP) is 2.16. The molecule has 1 fully saturated rings. The lowest BCUT2D eigenvalue weighted by Crippen LogP contribution is -2.45. The molecule has 3 nitrogen and oxygen atoms in total. The van der Waals surface area contributed by atoms with Gasteiger partial charge in [-0.1, -0.05) is 18.2 Å². The quantitative estimate of drug-likeness (QED) is 0.831. The highest BCUT2D eigenvalue weighted by Gasteiger charge is 2.19. The van der Waals surface area contributed by atoms with Crippen molar-refractivity contribution in [3.05, 3.63) is 34.9 Å². The van der Waals surface area contributed by atoms with E-state index in [1.165, 1.54) is 11.1 Å². The molecule has 1 aromatic rings. The van der Waals surface area contributed by atoms with Crippen LogP contribution in [0.4, 0.5) is 0 Å². The molecule has 0 spiro atoms. The number of nitrogens with zero attached hydrogens (tertiary/aromatic N) is 3. The fourth-order valence-corrected chi connectivity index (χ4v) is 2.49. The van der Waals surface area contributed by atoms with Crippen molar-refractivity contribution in [1.29, 1.82) is 5.26 Å². The molecule has 0 radical (unpaired) electrons. The average molecular weight is 257 g/mol. The summed E-state index contributed by atoms with van der Waals surface area (Å²) in [6, 6.07) is 8.86. The van der Waals surface area contributed by atoms with E-state index in [-0.39, 0.29) is 5.92 Å². The molecule has 1 atom stereocenters. The van der Waals surface area contributed by atoms with Gasteiger partial charge in [-0.15, -0.1) is 0 Å². The van der Waals surface area contributed by atoms with Crippen molar-refractivity contribution >= 4 is 0 Å². The van der Waals surface area contributed by atoms with Crippen LogP contribution in [0.5, 0.6) is 0 Å². The molecule has 0 saturated carbocycles. The molecule has 0 bridgehead atoms. The molecular weight excluding hydrogens is 234 g/mol. The van der Waals surface area contributed by atoms with Crippen LogP contribution in [0.2, 0.25) is 0 Å². The van der Waals surface area contributed by atoms with Crippen LogP contribution in [-0.4, -0.2) is 49.6 Å². The molecule has 1 aliphatic heterocycles. The summed E-state index contributed by atoms with van der Waals surface area (Å²) in [4.78, 5) is 4.75. The average Bonchev–Trinajstić information content (AvgIpc) is 2.41. The molecule has 0 N–H and O–H groups in total. The highest BCUT2D eigenvalue weighted by molar-refractivity contribution is 5.34. The molecule has 1 saturated heterocycles. The number of piperazine rings is 1. The van der Waals surface area contributed by atoms with Gasteiger partial charge in [0.1, 0.15) is 0 Å². The lowest BCUT2D eigenvalue weighted by Gasteiger charge is -2.33. The van der Waals surface area contributed by atoms with E-state index >= 15 is 0 Å². The van der Waals surface area contributed by atoms with Crippen LogP contribution in [0.25, 0.3) is 0 Å². The number of hydrogen-bond donors (Lipinski definition) is 0. The topological polar surface area (TPSA) is 30.3 Å². The van der Waals surface area contributed by atoms with E-state index in [1.54, 1.807) is 0 Å². The third-order valence-corrected chi connectivity index (χ3v) is 4.13. The van der Waals surface area contributed by atoms with E-state index in [0.717, 1.165) is 38.3 Å². The van der Waals surface area contributed by atoms with E-state index in [1.807, 2.05) is 0 Å². The highest BCUT2D eigenvalue weighted by atomic mass is 15.2. The van der Waals surface area contributed by atoms with Gasteiger partial charge in [0, 0.05) is 32.7 Å². The van der Waals surface area contributed by atoms with Gasteiger partial charge in [0.2, 0.25) is 0 Å². The van der Waals surface area contributed by atoms with Crippen molar-refractivity contribution in [3.8, 4) is 6.07 Å². The lowest BCUT2D eigenvalue weighted by molar-refractivity contribution is 0.152. The van der Waals surface area contributed by atoms with Crippen LogP contribution in [0.3, 0.4) is 0 Å². The van der Waals surface area contributed by atoms with Crippen LogP contribution < -0.4 is 0 Å². The molecule has 1 heterocycles. The van der Waals surface area contributed by atoms with E-state index in [9.17, 15) is 5.26 Å². The maximum Gasteiger partial charge on any atom is 0.0839 e. The summed E-state index contributed by atoms with van der Waals surface area (Å²) >= 11 is 0. The molecule has 19 heavy (non-hydrogen) atoms. The number of aryl methyl sites for hydroxylation is 2. The van der Waals surface area contributed by atoms with Crippen molar-refractivity contribution in [2.24, 2.45) is 0 Å². The van der Waals surface area contributed by atoms with Gasteiger partial charge in [-0.3, -0.25) is 4.90 Å². The summed E-state index contributed by atoms with van der Waals surface area (Å²) in [6.45, 7) is 9.42. The number of likely N-dealkylation sites (N-methyl/N-ethyl adjacent to an activating group) is 1. The lowest BCUT2D eigenvalue weighted by atomic mass is 9.96. The van der Waals surface area contributed by atoms with E-state index < -0.39 is 0 Å². The smallest absolute Gasteiger partial charge is 0.0839 e. The highest BCUT2D eigenvalue weighted by Crippen LogP contribution is 2.20. The second kappa shape index (κ2) is 6.18. The summed E-state index contributed by atoms with van der Waals surface area (Å²) in [7, 11) is 2.16. The van der Waals surface area contributed by atoms with Crippen molar-refractivity contribution in [2.75, 3.05) is 39.8 Å². The maximum absolute atomic E-state index is 9.44. The van der Waals surface area contributed by atoms with Gasteiger partial charge in [-0.05, 0) is 37.6 Å². The Morgan fingerprint density at radius 1 is 1.16 bits per heavy atom. The van der Waals surface area contributed by atoms with Gasteiger partial charge in [0.05, 0.1) is 12.0 Å². The fraction of sp³-hybridized carbons (Fsp3) is 0.562. The zero-order valence-electron chi connectivity index (χ0n) is 12.2. The minimum Gasteiger partial charge on any atom is -0.304 e. The van der Waals surface area contributed by atoms with Gasteiger partial charge >= 0.3 is 0 Å². The molecule has 1 aromatic carbocycles. The van der Waals surface area contributed by atoms with Crippen LogP contribution >= 0.6 is 0 Å². The van der Waals surface area contributed by atoms with Crippen molar-refractivity contribution < 1.29 is 0 Å². The Morgan fingerprint density at radius 3 is 2.42 bits per heavy atom. The van der Waals surface area contributed by atoms with Gasteiger partial charge in [0.15, 0.2) is 0 Å². The Kier molecular flexibility index (Phi) is 4.57. The van der Waals surface area contributed by atoms with Gasteiger partial charge in [-0.2, -0.15) is 5.26 Å². The zero-order chi connectivity index (χ0) is 13.8. The third kappa shape index (κ3) is 3.56. The molecule has 102 valence electrons. The second-order valence-electron chi connectivity index (χ2n) is 5.63. The molecular formula is C16H23N3. The summed E-state index contributed by atoms with van der Waals surface area (Å²) in [5.41, 5.74) is 3.72. The number of benzene rings is 1. The standard InChI is InChI=1S/C16H23N3/c1-13-4-5-15(10-14(13)2)16(11-17)12-19-8-6-18(3)7-9-19/h4-5,10,16H,6-9,12H2,1-3H3. The van der Waals surface area contributed by atoms with Gasteiger partial charge in [-0.25, -0.2) is 0 Å². The number of hydrogen-bond acceptors (Lipinski definition) is 3. The zero-order valence-corrected chi connectivity index (χ0v) is 12.2. The van der Waals surface area contributed by atoms with Crippen LogP contribution in [-0.2, 0) is 0 Å². The molecule has 0 aromatic heterocycles. The molecule has 1 unspecified atom stereocenters. The van der Waals surface area contributed by atoms with Crippen LogP contribution in [0, 0.1) is 25.2 Å². The SMILES string of the molecule is Cc1ccc(C(C#N)CN2CCN(C)CC2)cc1C. The summed E-state index contributed by atoms with van der Waals surface area (Å²) in [5.74, 6) is -0.0114. The first-order valence-electron chi connectivity index (χ1n) is 6.98. The summed E-state index contributed by atoms with van der Waals surface area (Å²) in [6.07, 6.45) is 0. The fourth-order valence-electron chi connectivity index (χ4n) is 2.49. The molecule has 1 aliphatic rings. The van der Waals surface area contributed by atoms with E-state index in [0.29, 0.717) is 0 Å². The first-order valence-corrected chi connectivity index (χ1v) is 6.98. The number of rotatable bonds is 3. The molecule has 0 aliphatic carbocycles. The minimum atomic E-state index is -0.0114. The summed E-state index contributed by atoms with van der Waals surface area (Å²) in [5, 5.41) is 9.44. The van der Waals surface area contributed by atoms with Gasteiger partial charge < -0.3 is 4.90 Å². The first-order chi connectivity index (χ1) is 9.10. The molecule has 3 heteroatoms. The Hall–Kier alpha value is -1.37. The Balaban J connectivity index is 2.04. The summed E-state index contributed by atoms with van der Waals surface area (Å²) < 4.78 is 0. The largest absolute Gasteiger partial charge is 0.304 e. The molecule has 2 rings (SSSR count). The monoisotopic (exact) mass is 257 g/mol. The Labute approximate surface area is 116 Å². The van der Waals surface area contributed by atoms with Crippen molar-refractivity contribution in [1.82, 2.24) is 9.80 Å². The van der Waals surface area contributed by atoms with Crippen LogP contribution in [0.15, 0.2) is 18.2 Å². The number of nitriles is 1. The van der Waals surface area contributed by atoms with Crippen molar-refractivity contribution in [3.63, 3.8) is 0 Å². The maximum atomic E-state index is 9.44. The molecule has 0 amide bonds. The van der Waals surface area contributed by atoms with Gasteiger partial charge in [0.25, 0.3) is 0 Å². The van der Waals surface area contributed by atoms with E-state index in [2.05, 4.69) is 55.0 Å².